The number of piperidine rings is 1. The predicted molar refractivity (Wildman–Crippen MR) is 88.2 cm³/mol. The molecule has 0 radical (unpaired) electrons. The van der Waals surface area contributed by atoms with E-state index in [0.29, 0.717) is 19.3 Å². The van der Waals surface area contributed by atoms with E-state index in [4.69, 9.17) is 0 Å². The van der Waals surface area contributed by atoms with Crippen molar-refractivity contribution in [1.82, 2.24) is 14.9 Å². The van der Waals surface area contributed by atoms with Crippen LogP contribution >= 0.6 is 0 Å². The second kappa shape index (κ2) is 7.56. The van der Waals surface area contributed by atoms with Crippen LogP contribution in [0.25, 0.3) is 0 Å². The molecule has 1 aliphatic rings. The first-order valence-electron chi connectivity index (χ1n) is 8.11. The minimum absolute atomic E-state index is 0.0994. The van der Waals surface area contributed by atoms with Crippen LogP contribution in [-0.2, 0) is 12.7 Å². The molecule has 0 unspecified atom stereocenters. The molecule has 3 N–H and O–H groups in total. The van der Waals surface area contributed by atoms with Gasteiger partial charge in [0.1, 0.15) is 11.9 Å². The van der Waals surface area contributed by atoms with Gasteiger partial charge in [-0.2, -0.15) is 13.2 Å². The smallest absolute Gasteiger partial charge is 0.389 e. The molecule has 0 aliphatic carbocycles. The lowest BCUT2D eigenvalue weighted by molar-refractivity contribution is -0.141. The summed E-state index contributed by atoms with van der Waals surface area (Å²) in [6, 6.07) is 8.91. The highest BCUT2D eigenvalue weighted by atomic mass is 19.4. The molecular weight excluding hydrogens is 349 g/mol. The average molecular weight is 368 g/mol. The number of likely N-dealkylation sites (tertiary alicyclic amines) is 1. The Kier molecular flexibility index (Phi) is 5.40. The monoisotopic (exact) mass is 368 g/mol. The van der Waals surface area contributed by atoms with E-state index in [0.717, 1.165) is 11.8 Å². The summed E-state index contributed by atoms with van der Waals surface area (Å²) in [5.74, 6) is -0.0994. The molecule has 3 rings (SSSR count). The Hall–Kier alpha value is -2.23. The lowest BCUT2D eigenvalue weighted by Crippen LogP contribution is -2.57. The number of aliphatic hydroxyl groups is 2. The third-order valence-electron chi connectivity index (χ3n) is 4.21. The molecule has 1 aromatic heterocycles. The van der Waals surface area contributed by atoms with Crippen LogP contribution in [-0.4, -0.2) is 56.4 Å². The van der Waals surface area contributed by atoms with E-state index in [1.54, 1.807) is 0 Å². The molecular formula is C17H19F3N4O2. The summed E-state index contributed by atoms with van der Waals surface area (Å²) in [5, 5.41) is 23.1. The molecule has 0 amide bonds. The van der Waals surface area contributed by atoms with Crippen molar-refractivity contribution in [3.63, 3.8) is 0 Å². The fourth-order valence-electron chi connectivity index (χ4n) is 2.97. The van der Waals surface area contributed by atoms with Gasteiger partial charge in [-0.1, -0.05) is 30.3 Å². The number of β-amino-alcohol motifs (C(OH)–C–C–N with tert-alkyl or cyclic N) is 1. The van der Waals surface area contributed by atoms with Gasteiger partial charge >= 0.3 is 6.18 Å². The van der Waals surface area contributed by atoms with Gasteiger partial charge in [-0.05, 0) is 5.56 Å². The fraction of sp³-hybridized carbons (Fsp3) is 0.412. The summed E-state index contributed by atoms with van der Waals surface area (Å²) in [6.45, 7) is 1.16. The quantitative estimate of drug-likeness (QED) is 0.759. The molecule has 1 aromatic carbocycles. The van der Waals surface area contributed by atoms with Gasteiger partial charge in [0, 0.05) is 19.6 Å². The molecule has 2 heterocycles. The van der Waals surface area contributed by atoms with Crippen LogP contribution < -0.4 is 5.32 Å². The molecule has 6 nitrogen and oxygen atoms in total. The lowest BCUT2D eigenvalue weighted by Gasteiger charge is -2.39. The van der Waals surface area contributed by atoms with Gasteiger partial charge in [0.2, 0.25) is 0 Å². The van der Waals surface area contributed by atoms with Crippen LogP contribution in [0.4, 0.5) is 19.0 Å². The molecule has 1 aliphatic heterocycles. The SMILES string of the molecule is O[C@@H]1[C@@H](Nc2cncc(C(F)(F)F)n2)CN(Cc2ccccc2)C[C@@H]1O. The van der Waals surface area contributed by atoms with E-state index in [1.165, 1.54) is 0 Å². The van der Waals surface area contributed by atoms with Crippen LogP contribution in [0, 0.1) is 0 Å². The number of benzene rings is 1. The van der Waals surface area contributed by atoms with Crippen molar-refractivity contribution in [2.45, 2.75) is 31.0 Å². The Bertz CT molecular complexity index is 729. The molecule has 0 bridgehead atoms. The molecule has 26 heavy (non-hydrogen) atoms. The van der Waals surface area contributed by atoms with Crippen molar-refractivity contribution in [2.24, 2.45) is 0 Å². The van der Waals surface area contributed by atoms with Crippen LogP contribution in [0.2, 0.25) is 0 Å². The van der Waals surface area contributed by atoms with Gasteiger partial charge in [0.15, 0.2) is 5.69 Å². The molecule has 1 fully saturated rings. The van der Waals surface area contributed by atoms with E-state index in [2.05, 4.69) is 15.3 Å². The first kappa shape index (κ1) is 18.6. The molecule has 2 aromatic rings. The average Bonchev–Trinajstić information content (AvgIpc) is 2.60. The minimum atomic E-state index is -4.60. The standard InChI is InChI=1S/C17H19F3N4O2/c18-17(19,20)14-6-21-7-15(23-14)22-12-9-24(10-13(25)16(12)26)8-11-4-2-1-3-5-11/h1-7,12-13,16,25-26H,8-10H2,(H,22,23)/t12-,13-,16+/m0/s1. The molecule has 1 saturated heterocycles. The predicted octanol–water partition coefficient (Wildman–Crippen LogP) is 1.51. The van der Waals surface area contributed by atoms with E-state index in [9.17, 15) is 23.4 Å². The molecule has 140 valence electrons. The zero-order valence-electron chi connectivity index (χ0n) is 13.8. The summed E-state index contributed by atoms with van der Waals surface area (Å²) < 4.78 is 38.3. The maximum absolute atomic E-state index is 12.8. The van der Waals surface area contributed by atoms with E-state index >= 15 is 0 Å². The normalized spacial score (nSPS) is 24.4. The van der Waals surface area contributed by atoms with Crippen LogP contribution in [0.5, 0.6) is 0 Å². The van der Waals surface area contributed by atoms with E-state index < -0.39 is 30.1 Å². The van der Waals surface area contributed by atoms with Crippen LogP contribution in [0.1, 0.15) is 11.3 Å². The number of aromatic nitrogens is 2. The third kappa shape index (κ3) is 4.48. The van der Waals surface area contributed by atoms with Crippen LogP contribution in [0.3, 0.4) is 0 Å². The van der Waals surface area contributed by atoms with Crippen molar-refractivity contribution in [3.8, 4) is 0 Å². The number of aliphatic hydroxyl groups excluding tert-OH is 2. The number of halogens is 3. The van der Waals surface area contributed by atoms with Crippen molar-refractivity contribution in [2.75, 3.05) is 18.4 Å². The Labute approximate surface area is 148 Å². The largest absolute Gasteiger partial charge is 0.434 e. The maximum Gasteiger partial charge on any atom is 0.434 e. The Morgan fingerprint density at radius 2 is 1.85 bits per heavy atom. The molecule has 0 spiro atoms. The number of nitrogens with zero attached hydrogens (tertiary/aromatic N) is 3. The summed E-state index contributed by atoms with van der Waals surface area (Å²) in [5.41, 5.74) is -0.0804. The Morgan fingerprint density at radius 1 is 1.12 bits per heavy atom. The highest BCUT2D eigenvalue weighted by Gasteiger charge is 2.36. The fourth-order valence-corrected chi connectivity index (χ4v) is 2.97. The first-order valence-corrected chi connectivity index (χ1v) is 8.11. The van der Waals surface area contributed by atoms with Gasteiger partial charge in [-0.15, -0.1) is 0 Å². The number of rotatable bonds is 4. The molecule has 0 saturated carbocycles. The van der Waals surface area contributed by atoms with Gasteiger partial charge in [0.05, 0.1) is 24.5 Å². The number of nitrogens with one attached hydrogen (secondary N) is 1. The Morgan fingerprint density at radius 3 is 2.54 bits per heavy atom. The topological polar surface area (TPSA) is 81.5 Å². The summed E-state index contributed by atoms with van der Waals surface area (Å²) in [4.78, 5) is 8.96. The van der Waals surface area contributed by atoms with Crippen LogP contribution in [0.15, 0.2) is 42.7 Å². The lowest BCUT2D eigenvalue weighted by atomic mass is 9.98. The van der Waals surface area contributed by atoms with Gasteiger partial charge in [-0.3, -0.25) is 9.88 Å². The number of alkyl halides is 3. The maximum atomic E-state index is 12.8. The summed E-state index contributed by atoms with van der Waals surface area (Å²) in [6.07, 6.45) is -4.96. The van der Waals surface area contributed by atoms with Crippen molar-refractivity contribution in [1.29, 1.82) is 0 Å². The molecule has 3 atom stereocenters. The first-order chi connectivity index (χ1) is 12.3. The number of hydrogen-bond acceptors (Lipinski definition) is 6. The van der Waals surface area contributed by atoms with Crippen molar-refractivity contribution in [3.05, 3.63) is 54.0 Å². The molecule has 9 heteroatoms. The highest BCUT2D eigenvalue weighted by molar-refractivity contribution is 5.35. The van der Waals surface area contributed by atoms with Gasteiger partial charge < -0.3 is 15.5 Å². The number of anilines is 1. The second-order valence-corrected chi connectivity index (χ2v) is 6.28. The minimum Gasteiger partial charge on any atom is -0.389 e. The van der Waals surface area contributed by atoms with Crippen molar-refractivity contribution >= 4 is 5.82 Å². The van der Waals surface area contributed by atoms with E-state index in [1.807, 2.05) is 35.2 Å². The zero-order chi connectivity index (χ0) is 18.7. The number of hydrogen-bond donors (Lipinski definition) is 3. The highest BCUT2D eigenvalue weighted by Crippen LogP contribution is 2.28. The van der Waals surface area contributed by atoms with E-state index in [-0.39, 0.29) is 12.4 Å². The van der Waals surface area contributed by atoms with Gasteiger partial charge in [-0.25, -0.2) is 4.98 Å². The zero-order valence-corrected chi connectivity index (χ0v) is 13.8. The van der Waals surface area contributed by atoms with Gasteiger partial charge in [0.25, 0.3) is 0 Å². The summed E-state index contributed by atoms with van der Waals surface area (Å²) in [7, 11) is 0. The Balaban J connectivity index is 1.71. The third-order valence-corrected chi connectivity index (χ3v) is 4.21. The van der Waals surface area contributed by atoms with Crippen molar-refractivity contribution < 1.29 is 23.4 Å². The summed E-state index contributed by atoms with van der Waals surface area (Å²) >= 11 is 0. The second-order valence-electron chi connectivity index (χ2n) is 6.28.